The Morgan fingerprint density at radius 2 is 1.32 bits per heavy atom. The van der Waals surface area contributed by atoms with Gasteiger partial charge in [0.15, 0.2) is 0 Å². The van der Waals surface area contributed by atoms with E-state index in [0.29, 0.717) is 30.1 Å². The van der Waals surface area contributed by atoms with Crippen molar-refractivity contribution in [2.45, 2.75) is 6.54 Å². The van der Waals surface area contributed by atoms with Gasteiger partial charge in [-0.3, -0.25) is 0 Å². The summed E-state index contributed by atoms with van der Waals surface area (Å²) >= 11 is 0. The number of aromatic nitrogens is 4. The standard InChI is InChI=1S/C18H15N5O2/c1-23(18-20-17(22-25-18)14-10-6-3-7-11-14)12-15-19-16(21-24-15)13-8-4-2-5-9-13/h2-11H,12H2,1H3. The van der Waals surface area contributed by atoms with Crippen molar-refractivity contribution in [1.82, 2.24) is 20.3 Å². The molecule has 124 valence electrons. The molecule has 2 aromatic carbocycles. The van der Waals surface area contributed by atoms with Gasteiger partial charge in [0, 0.05) is 18.2 Å². The molecule has 25 heavy (non-hydrogen) atoms. The lowest BCUT2D eigenvalue weighted by atomic mass is 10.2. The van der Waals surface area contributed by atoms with Crippen LogP contribution in [0.2, 0.25) is 0 Å². The van der Waals surface area contributed by atoms with E-state index in [9.17, 15) is 0 Å². The second-order valence-electron chi connectivity index (χ2n) is 5.50. The minimum atomic E-state index is 0.371. The summed E-state index contributed by atoms with van der Waals surface area (Å²) < 4.78 is 10.6. The molecule has 0 aliphatic rings. The summed E-state index contributed by atoms with van der Waals surface area (Å²) in [4.78, 5) is 10.6. The summed E-state index contributed by atoms with van der Waals surface area (Å²) in [6, 6.07) is 19.7. The highest BCUT2D eigenvalue weighted by atomic mass is 16.5. The molecule has 0 aliphatic carbocycles. The van der Waals surface area contributed by atoms with E-state index in [0.717, 1.165) is 11.1 Å². The van der Waals surface area contributed by atoms with Crippen LogP contribution in [0.3, 0.4) is 0 Å². The molecule has 0 fully saturated rings. The molecule has 0 saturated carbocycles. The van der Waals surface area contributed by atoms with Crippen LogP contribution in [0.5, 0.6) is 0 Å². The van der Waals surface area contributed by atoms with Crippen LogP contribution in [-0.4, -0.2) is 27.3 Å². The van der Waals surface area contributed by atoms with E-state index in [1.165, 1.54) is 0 Å². The van der Waals surface area contributed by atoms with Gasteiger partial charge < -0.3 is 13.9 Å². The molecule has 0 N–H and O–H groups in total. The zero-order valence-electron chi connectivity index (χ0n) is 13.5. The highest BCUT2D eigenvalue weighted by molar-refractivity contribution is 5.55. The third-order valence-corrected chi connectivity index (χ3v) is 3.65. The molecule has 4 aromatic rings. The predicted molar refractivity (Wildman–Crippen MR) is 91.6 cm³/mol. The molecule has 0 atom stereocenters. The molecular weight excluding hydrogens is 318 g/mol. The molecule has 7 nitrogen and oxygen atoms in total. The normalized spacial score (nSPS) is 10.8. The number of nitrogens with zero attached hydrogens (tertiary/aromatic N) is 5. The van der Waals surface area contributed by atoms with Gasteiger partial charge in [-0.25, -0.2) is 0 Å². The number of benzene rings is 2. The maximum atomic E-state index is 5.32. The summed E-state index contributed by atoms with van der Waals surface area (Å²) in [5.74, 6) is 1.57. The Morgan fingerprint density at radius 1 is 0.760 bits per heavy atom. The lowest BCUT2D eigenvalue weighted by Gasteiger charge is -2.09. The first kappa shape index (κ1) is 15.1. The van der Waals surface area contributed by atoms with Crippen molar-refractivity contribution in [3.63, 3.8) is 0 Å². The average Bonchev–Trinajstić information content (AvgIpc) is 3.33. The summed E-state index contributed by atoms with van der Waals surface area (Å²) in [6.45, 7) is 0.371. The maximum Gasteiger partial charge on any atom is 0.324 e. The van der Waals surface area contributed by atoms with Crippen LogP contribution >= 0.6 is 0 Å². The first-order valence-electron chi connectivity index (χ1n) is 7.78. The van der Waals surface area contributed by atoms with Gasteiger partial charge in [-0.05, 0) is 0 Å². The molecular formula is C18H15N5O2. The van der Waals surface area contributed by atoms with E-state index < -0.39 is 0 Å². The zero-order chi connectivity index (χ0) is 17.1. The van der Waals surface area contributed by atoms with Crippen LogP contribution in [0.4, 0.5) is 6.01 Å². The van der Waals surface area contributed by atoms with E-state index in [-0.39, 0.29) is 0 Å². The van der Waals surface area contributed by atoms with E-state index in [1.807, 2.05) is 67.7 Å². The monoisotopic (exact) mass is 333 g/mol. The molecule has 0 radical (unpaired) electrons. The quantitative estimate of drug-likeness (QED) is 0.553. The molecule has 4 rings (SSSR count). The zero-order valence-corrected chi connectivity index (χ0v) is 13.5. The summed E-state index contributed by atoms with van der Waals surface area (Å²) in [7, 11) is 1.83. The molecule has 0 amide bonds. The second kappa shape index (κ2) is 6.56. The Bertz CT molecular complexity index is 950. The molecule has 0 bridgehead atoms. The molecule has 0 unspecified atom stereocenters. The van der Waals surface area contributed by atoms with Gasteiger partial charge in [0.1, 0.15) is 6.54 Å². The highest BCUT2D eigenvalue weighted by Crippen LogP contribution is 2.20. The fraction of sp³-hybridized carbons (Fsp3) is 0.111. The van der Waals surface area contributed by atoms with Gasteiger partial charge in [0.05, 0.1) is 0 Å². The third-order valence-electron chi connectivity index (χ3n) is 3.65. The average molecular weight is 333 g/mol. The second-order valence-corrected chi connectivity index (χ2v) is 5.50. The minimum Gasteiger partial charge on any atom is -0.337 e. The van der Waals surface area contributed by atoms with Crippen molar-refractivity contribution in [3.05, 3.63) is 66.6 Å². The predicted octanol–water partition coefficient (Wildman–Crippen LogP) is 3.42. The largest absolute Gasteiger partial charge is 0.337 e. The Labute approximate surface area is 143 Å². The molecule has 0 spiro atoms. The first-order chi connectivity index (χ1) is 12.3. The van der Waals surface area contributed by atoms with Gasteiger partial charge >= 0.3 is 6.01 Å². The van der Waals surface area contributed by atoms with Crippen molar-refractivity contribution in [2.24, 2.45) is 0 Å². The van der Waals surface area contributed by atoms with Crippen LogP contribution in [0.25, 0.3) is 22.8 Å². The van der Waals surface area contributed by atoms with E-state index >= 15 is 0 Å². The van der Waals surface area contributed by atoms with E-state index in [1.54, 1.807) is 4.90 Å². The molecule has 0 aliphatic heterocycles. The lowest BCUT2D eigenvalue weighted by Crippen LogP contribution is -2.16. The third kappa shape index (κ3) is 3.25. The Balaban J connectivity index is 1.49. The van der Waals surface area contributed by atoms with E-state index in [2.05, 4.69) is 20.3 Å². The SMILES string of the molecule is CN(Cc1nc(-c2ccccc2)no1)c1nc(-c2ccccc2)no1. The fourth-order valence-electron chi connectivity index (χ4n) is 2.37. The van der Waals surface area contributed by atoms with E-state index in [4.69, 9.17) is 9.05 Å². The summed E-state index contributed by atoms with van der Waals surface area (Å²) in [5, 5.41) is 8.01. The maximum absolute atomic E-state index is 5.32. The number of rotatable bonds is 5. The van der Waals surface area contributed by atoms with Gasteiger partial charge in [-0.15, -0.1) is 0 Å². The smallest absolute Gasteiger partial charge is 0.324 e. The Hall–Kier alpha value is -3.48. The van der Waals surface area contributed by atoms with Crippen LogP contribution in [0, 0.1) is 0 Å². The van der Waals surface area contributed by atoms with Crippen molar-refractivity contribution < 1.29 is 9.05 Å². The minimum absolute atomic E-state index is 0.371. The number of hydrogen-bond donors (Lipinski definition) is 0. The number of hydrogen-bond acceptors (Lipinski definition) is 7. The van der Waals surface area contributed by atoms with Crippen molar-refractivity contribution in [1.29, 1.82) is 0 Å². The Kier molecular flexibility index (Phi) is 3.96. The summed E-state index contributed by atoms with van der Waals surface area (Å²) in [6.07, 6.45) is 0. The van der Waals surface area contributed by atoms with Crippen LogP contribution in [0.15, 0.2) is 69.7 Å². The van der Waals surface area contributed by atoms with Crippen LogP contribution in [0.1, 0.15) is 5.89 Å². The fourth-order valence-corrected chi connectivity index (χ4v) is 2.37. The molecule has 2 aromatic heterocycles. The summed E-state index contributed by atoms with van der Waals surface area (Å²) in [5.41, 5.74) is 1.80. The van der Waals surface area contributed by atoms with Gasteiger partial charge in [0.2, 0.25) is 17.5 Å². The van der Waals surface area contributed by atoms with Gasteiger partial charge in [0.25, 0.3) is 0 Å². The van der Waals surface area contributed by atoms with Crippen LogP contribution in [-0.2, 0) is 6.54 Å². The first-order valence-corrected chi connectivity index (χ1v) is 7.78. The lowest BCUT2D eigenvalue weighted by molar-refractivity contribution is 0.369. The molecule has 7 heteroatoms. The van der Waals surface area contributed by atoms with Crippen molar-refractivity contribution in [2.75, 3.05) is 11.9 Å². The molecule has 2 heterocycles. The Morgan fingerprint density at radius 3 is 1.96 bits per heavy atom. The van der Waals surface area contributed by atoms with Crippen LogP contribution < -0.4 is 4.90 Å². The topological polar surface area (TPSA) is 81.1 Å². The number of anilines is 1. The van der Waals surface area contributed by atoms with Gasteiger partial charge in [-0.1, -0.05) is 71.0 Å². The van der Waals surface area contributed by atoms with Crippen molar-refractivity contribution in [3.8, 4) is 22.8 Å². The van der Waals surface area contributed by atoms with Gasteiger partial charge in [-0.2, -0.15) is 9.97 Å². The molecule has 0 saturated heterocycles. The highest BCUT2D eigenvalue weighted by Gasteiger charge is 2.16. The van der Waals surface area contributed by atoms with Crippen molar-refractivity contribution >= 4 is 6.01 Å².